The zero-order valence-electron chi connectivity index (χ0n) is 13.4. The SMILES string of the molecule is O=C(COc1ccc(F)cc1Cl)Nc1cccc(Oc2cnccn2)c1. The second kappa shape index (κ2) is 8.26. The van der Waals surface area contributed by atoms with Gasteiger partial charge in [-0.3, -0.25) is 9.78 Å². The Hall–Kier alpha value is -3.19. The lowest BCUT2D eigenvalue weighted by Gasteiger charge is -2.10. The number of carbonyl (C=O) groups is 1. The van der Waals surface area contributed by atoms with Gasteiger partial charge in [0.25, 0.3) is 5.91 Å². The van der Waals surface area contributed by atoms with Gasteiger partial charge in [0.2, 0.25) is 5.88 Å². The normalized spacial score (nSPS) is 10.2. The Balaban J connectivity index is 1.58. The maximum Gasteiger partial charge on any atom is 0.262 e. The number of halogens is 2. The molecule has 0 aliphatic carbocycles. The van der Waals surface area contributed by atoms with Crippen molar-refractivity contribution in [2.24, 2.45) is 0 Å². The smallest absolute Gasteiger partial charge is 0.262 e. The van der Waals surface area contributed by atoms with Gasteiger partial charge >= 0.3 is 0 Å². The fraction of sp³-hybridized carbons (Fsp3) is 0.0556. The molecular weight excluding hydrogens is 361 g/mol. The van der Waals surface area contributed by atoms with Crippen LogP contribution in [-0.2, 0) is 4.79 Å². The van der Waals surface area contributed by atoms with Crippen molar-refractivity contribution in [3.8, 4) is 17.4 Å². The van der Waals surface area contributed by atoms with Crippen molar-refractivity contribution in [2.45, 2.75) is 0 Å². The largest absolute Gasteiger partial charge is 0.482 e. The number of anilines is 1. The molecule has 3 aromatic rings. The second-order valence-electron chi connectivity index (χ2n) is 5.09. The van der Waals surface area contributed by atoms with Crippen LogP contribution in [0.1, 0.15) is 0 Å². The Morgan fingerprint density at radius 1 is 1.19 bits per heavy atom. The Bertz CT molecular complexity index is 909. The molecule has 132 valence electrons. The third-order valence-electron chi connectivity index (χ3n) is 3.13. The van der Waals surface area contributed by atoms with Crippen molar-refractivity contribution in [3.05, 3.63) is 71.9 Å². The highest BCUT2D eigenvalue weighted by molar-refractivity contribution is 6.32. The van der Waals surface area contributed by atoms with E-state index in [0.29, 0.717) is 17.3 Å². The van der Waals surface area contributed by atoms with Gasteiger partial charge in [0.15, 0.2) is 6.61 Å². The first kappa shape index (κ1) is 17.6. The Morgan fingerprint density at radius 3 is 2.85 bits per heavy atom. The standard InChI is InChI=1S/C18H13ClFN3O3/c19-15-8-12(20)4-5-16(15)25-11-17(24)23-13-2-1-3-14(9-13)26-18-10-21-6-7-22-18/h1-10H,11H2,(H,23,24). The van der Waals surface area contributed by atoms with Crippen molar-refractivity contribution in [2.75, 3.05) is 11.9 Å². The maximum atomic E-state index is 13.0. The predicted octanol–water partition coefficient (Wildman–Crippen LogP) is 4.08. The molecule has 2 aromatic carbocycles. The molecule has 3 rings (SSSR count). The highest BCUT2D eigenvalue weighted by Gasteiger charge is 2.08. The summed E-state index contributed by atoms with van der Waals surface area (Å²) in [7, 11) is 0. The minimum Gasteiger partial charge on any atom is -0.482 e. The van der Waals surface area contributed by atoms with Gasteiger partial charge in [0.05, 0.1) is 11.2 Å². The van der Waals surface area contributed by atoms with E-state index in [1.165, 1.54) is 30.7 Å². The quantitative estimate of drug-likeness (QED) is 0.704. The van der Waals surface area contributed by atoms with Gasteiger partial charge in [0.1, 0.15) is 17.3 Å². The summed E-state index contributed by atoms with van der Waals surface area (Å²) in [5.41, 5.74) is 0.519. The number of benzene rings is 2. The average molecular weight is 374 g/mol. The topological polar surface area (TPSA) is 73.3 Å². The average Bonchev–Trinajstić information content (AvgIpc) is 2.62. The first-order valence-corrected chi connectivity index (χ1v) is 7.89. The molecular formula is C18H13ClFN3O3. The van der Waals surface area contributed by atoms with Gasteiger partial charge in [-0.2, -0.15) is 0 Å². The van der Waals surface area contributed by atoms with E-state index < -0.39 is 11.7 Å². The molecule has 1 amide bonds. The van der Waals surface area contributed by atoms with Crippen molar-refractivity contribution in [1.29, 1.82) is 0 Å². The summed E-state index contributed by atoms with van der Waals surface area (Å²) in [4.78, 5) is 19.9. The van der Waals surface area contributed by atoms with Crippen LogP contribution in [0.2, 0.25) is 5.02 Å². The summed E-state index contributed by atoms with van der Waals surface area (Å²) in [5, 5.41) is 2.77. The third-order valence-corrected chi connectivity index (χ3v) is 3.43. The summed E-state index contributed by atoms with van der Waals surface area (Å²) in [6.45, 7) is -0.277. The molecule has 8 heteroatoms. The van der Waals surface area contributed by atoms with Crippen LogP contribution in [-0.4, -0.2) is 22.5 Å². The third kappa shape index (κ3) is 4.90. The molecule has 0 aliphatic heterocycles. The number of nitrogens with one attached hydrogen (secondary N) is 1. The van der Waals surface area contributed by atoms with E-state index in [0.717, 1.165) is 6.07 Å². The van der Waals surface area contributed by atoms with Crippen molar-refractivity contribution >= 4 is 23.2 Å². The molecule has 1 N–H and O–H groups in total. The highest BCUT2D eigenvalue weighted by Crippen LogP contribution is 2.25. The number of rotatable bonds is 6. The van der Waals surface area contributed by atoms with Crippen LogP contribution in [0.3, 0.4) is 0 Å². The Kier molecular flexibility index (Phi) is 5.60. The van der Waals surface area contributed by atoms with Crippen molar-refractivity contribution < 1.29 is 18.7 Å². The summed E-state index contributed by atoms with van der Waals surface area (Å²) >= 11 is 5.85. The highest BCUT2D eigenvalue weighted by atomic mass is 35.5. The molecule has 26 heavy (non-hydrogen) atoms. The summed E-state index contributed by atoms with van der Waals surface area (Å²) in [5.74, 6) is 0.174. The van der Waals surface area contributed by atoms with Gasteiger partial charge in [-0.25, -0.2) is 9.37 Å². The van der Waals surface area contributed by atoms with E-state index in [9.17, 15) is 9.18 Å². The Labute approximate surface area is 153 Å². The number of ether oxygens (including phenoxy) is 2. The molecule has 1 heterocycles. The molecule has 1 aromatic heterocycles. The van der Waals surface area contributed by atoms with E-state index in [-0.39, 0.29) is 17.4 Å². The number of amides is 1. The van der Waals surface area contributed by atoms with Crippen LogP contribution < -0.4 is 14.8 Å². The molecule has 0 unspecified atom stereocenters. The zero-order valence-corrected chi connectivity index (χ0v) is 14.1. The lowest BCUT2D eigenvalue weighted by atomic mass is 10.3. The molecule has 0 aliphatic rings. The van der Waals surface area contributed by atoms with Gasteiger partial charge in [0, 0.05) is 24.1 Å². The van der Waals surface area contributed by atoms with E-state index >= 15 is 0 Å². The van der Waals surface area contributed by atoms with Gasteiger partial charge in [-0.1, -0.05) is 17.7 Å². The minimum absolute atomic E-state index is 0.0946. The summed E-state index contributed by atoms with van der Waals surface area (Å²) in [6, 6.07) is 10.5. The lowest BCUT2D eigenvalue weighted by Crippen LogP contribution is -2.20. The van der Waals surface area contributed by atoms with E-state index in [1.807, 2.05) is 0 Å². The number of hydrogen-bond acceptors (Lipinski definition) is 5. The first-order valence-electron chi connectivity index (χ1n) is 7.52. The van der Waals surface area contributed by atoms with Gasteiger partial charge in [-0.05, 0) is 30.3 Å². The van der Waals surface area contributed by atoms with Crippen LogP contribution in [0.4, 0.5) is 10.1 Å². The van der Waals surface area contributed by atoms with E-state index in [4.69, 9.17) is 21.1 Å². The van der Waals surface area contributed by atoms with Gasteiger partial charge < -0.3 is 14.8 Å². The summed E-state index contributed by atoms with van der Waals surface area (Å²) in [6.07, 6.45) is 4.53. The molecule has 0 spiro atoms. The summed E-state index contributed by atoms with van der Waals surface area (Å²) < 4.78 is 23.8. The number of hydrogen-bond donors (Lipinski definition) is 1. The maximum absolute atomic E-state index is 13.0. The van der Waals surface area contributed by atoms with Crippen LogP contribution in [0.15, 0.2) is 61.1 Å². The number of aromatic nitrogens is 2. The minimum atomic E-state index is -0.480. The fourth-order valence-electron chi connectivity index (χ4n) is 2.03. The lowest BCUT2D eigenvalue weighted by molar-refractivity contribution is -0.118. The molecule has 0 radical (unpaired) electrons. The monoisotopic (exact) mass is 373 g/mol. The van der Waals surface area contributed by atoms with E-state index in [1.54, 1.807) is 24.3 Å². The molecule has 6 nitrogen and oxygen atoms in total. The first-order chi connectivity index (χ1) is 12.6. The molecule has 0 fully saturated rings. The van der Waals surface area contributed by atoms with Crippen molar-refractivity contribution in [1.82, 2.24) is 9.97 Å². The van der Waals surface area contributed by atoms with Crippen LogP contribution in [0.5, 0.6) is 17.4 Å². The molecule has 0 bridgehead atoms. The molecule has 0 saturated heterocycles. The van der Waals surface area contributed by atoms with Crippen molar-refractivity contribution in [3.63, 3.8) is 0 Å². The van der Waals surface area contributed by atoms with Gasteiger partial charge in [-0.15, -0.1) is 0 Å². The fourth-order valence-corrected chi connectivity index (χ4v) is 2.25. The molecule has 0 atom stereocenters. The zero-order chi connectivity index (χ0) is 18.4. The van der Waals surface area contributed by atoms with Crippen LogP contribution >= 0.6 is 11.6 Å². The predicted molar refractivity (Wildman–Crippen MR) is 94.1 cm³/mol. The number of carbonyl (C=O) groups excluding carboxylic acids is 1. The van der Waals surface area contributed by atoms with Crippen LogP contribution in [0.25, 0.3) is 0 Å². The number of nitrogens with zero attached hydrogens (tertiary/aromatic N) is 2. The molecule has 0 saturated carbocycles. The Morgan fingerprint density at radius 2 is 2.08 bits per heavy atom. The van der Waals surface area contributed by atoms with Crippen LogP contribution in [0, 0.1) is 5.82 Å². The van der Waals surface area contributed by atoms with E-state index in [2.05, 4.69) is 15.3 Å². The second-order valence-corrected chi connectivity index (χ2v) is 5.49.